The molecule has 0 aliphatic carbocycles. The predicted octanol–water partition coefficient (Wildman–Crippen LogP) is -1.10. The van der Waals surface area contributed by atoms with E-state index in [0.717, 1.165) is 13.1 Å². The number of hydrazine groups is 1. The van der Waals surface area contributed by atoms with Crippen LogP contribution >= 0.6 is 0 Å². The van der Waals surface area contributed by atoms with E-state index >= 15 is 0 Å². The number of amides is 3. The minimum Gasteiger partial charge on any atom is -0.339 e. The molecular formula is C13H20N4O3. The van der Waals surface area contributed by atoms with Crippen LogP contribution < -0.4 is 0 Å². The highest BCUT2D eigenvalue weighted by molar-refractivity contribution is 6.01. The van der Waals surface area contributed by atoms with Gasteiger partial charge in [-0.2, -0.15) is 0 Å². The minimum atomic E-state index is -0.115. The van der Waals surface area contributed by atoms with Crippen LogP contribution in [-0.4, -0.2) is 83.4 Å². The summed E-state index contributed by atoms with van der Waals surface area (Å²) in [5.41, 5.74) is 0. The fourth-order valence-electron chi connectivity index (χ4n) is 2.86. The van der Waals surface area contributed by atoms with E-state index in [0.29, 0.717) is 45.6 Å². The molecule has 3 aliphatic heterocycles. The maximum absolute atomic E-state index is 12.1. The summed E-state index contributed by atoms with van der Waals surface area (Å²) < 4.78 is 0. The molecule has 7 nitrogen and oxygen atoms in total. The highest BCUT2D eigenvalue weighted by Gasteiger charge is 2.36. The lowest BCUT2D eigenvalue weighted by molar-refractivity contribution is -0.161. The molecule has 3 saturated heterocycles. The molecular weight excluding hydrogens is 260 g/mol. The van der Waals surface area contributed by atoms with Gasteiger partial charge in [0.25, 0.3) is 0 Å². The molecule has 0 saturated carbocycles. The van der Waals surface area contributed by atoms with E-state index in [4.69, 9.17) is 0 Å². The number of hydrogen-bond acceptors (Lipinski definition) is 5. The van der Waals surface area contributed by atoms with Gasteiger partial charge in [-0.05, 0) is 19.5 Å². The number of likely N-dealkylation sites (tertiary alicyclic amines) is 1. The highest BCUT2D eigenvalue weighted by Crippen LogP contribution is 2.17. The molecule has 20 heavy (non-hydrogen) atoms. The third kappa shape index (κ3) is 2.55. The summed E-state index contributed by atoms with van der Waals surface area (Å²) >= 11 is 0. The summed E-state index contributed by atoms with van der Waals surface area (Å²) in [7, 11) is 0. The van der Waals surface area contributed by atoms with Crippen molar-refractivity contribution in [3.05, 3.63) is 0 Å². The molecule has 0 aromatic heterocycles. The first-order chi connectivity index (χ1) is 9.65. The van der Waals surface area contributed by atoms with Crippen molar-refractivity contribution in [2.45, 2.75) is 19.3 Å². The van der Waals surface area contributed by atoms with E-state index in [2.05, 4.69) is 4.90 Å². The molecule has 0 N–H and O–H groups in total. The summed E-state index contributed by atoms with van der Waals surface area (Å²) in [6.07, 6.45) is 1.81. The predicted molar refractivity (Wildman–Crippen MR) is 70.3 cm³/mol. The van der Waals surface area contributed by atoms with Gasteiger partial charge >= 0.3 is 0 Å². The van der Waals surface area contributed by atoms with Gasteiger partial charge in [0.15, 0.2) is 0 Å². The van der Waals surface area contributed by atoms with Crippen LogP contribution in [0.3, 0.4) is 0 Å². The largest absolute Gasteiger partial charge is 0.339 e. The molecule has 0 spiro atoms. The fourth-order valence-corrected chi connectivity index (χ4v) is 2.86. The molecule has 3 aliphatic rings. The Labute approximate surface area is 118 Å². The van der Waals surface area contributed by atoms with Crippen molar-refractivity contribution in [1.82, 2.24) is 19.8 Å². The Hall–Kier alpha value is -1.47. The van der Waals surface area contributed by atoms with Crippen LogP contribution in [0, 0.1) is 0 Å². The molecule has 0 bridgehead atoms. The molecule has 3 fully saturated rings. The van der Waals surface area contributed by atoms with E-state index in [1.165, 1.54) is 11.4 Å². The summed E-state index contributed by atoms with van der Waals surface area (Å²) in [5, 5.41) is 3.06. The maximum atomic E-state index is 12.1. The second-order valence-corrected chi connectivity index (χ2v) is 5.56. The third-order valence-corrected chi connectivity index (χ3v) is 4.22. The van der Waals surface area contributed by atoms with Crippen LogP contribution in [0.15, 0.2) is 0 Å². The molecule has 7 heteroatoms. The van der Waals surface area contributed by atoms with Gasteiger partial charge in [0.05, 0.1) is 6.54 Å². The Balaban J connectivity index is 1.50. The molecule has 0 unspecified atom stereocenters. The average Bonchev–Trinajstić information content (AvgIpc) is 2.73. The van der Waals surface area contributed by atoms with Crippen molar-refractivity contribution in [1.29, 1.82) is 0 Å². The topological polar surface area (TPSA) is 64.2 Å². The van der Waals surface area contributed by atoms with Gasteiger partial charge in [-0.25, -0.2) is 10.0 Å². The first kappa shape index (κ1) is 13.5. The Morgan fingerprint density at radius 3 is 2.00 bits per heavy atom. The molecule has 0 atom stereocenters. The quantitative estimate of drug-likeness (QED) is 0.614. The first-order valence-corrected chi connectivity index (χ1v) is 7.26. The van der Waals surface area contributed by atoms with Gasteiger partial charge in [0, 0.05) is 39.0 Å². The van der Waals surface area contributed by atoms with E-state index in [1.807, 2.05) is 4.90 Å². The van der Waals surface area contributed by atoms with E-state index < -0.39 is 0 Å². The smallest absolute Gasteiger partial charge is 0.244 e. The second-order valence-electron chi connectivity index (χ2n) is 5.56. The molecule has 0 radical (unpaired) electrons. The fraction of sp³-hybridized carbons (Fsp3) is 0.769. The number of imide groups is 1. The Bertz CT molecular complexity index is 411. The number of nitrogens with zero attached hydrogens (tertiary/aromatic N) is 4. The standard InChI is InChI=1S/C13H20N4O3/c18-11-2-3-12(19)17(11)16-8-6-15(7-9-16)13(20)10-14-4-1-5-14/h1-10H2. The molecule has 3 rings (SSSR count). The maximum Gasteiger partial charge on any atom is 0.244 e. The van der Waals surface area contributed by atoms with Gasteiger partial charge < -0.3 is 4.90 Å². The molecule has 0 aromatic rings. The third-order valence-electron chi connectivity index (χ3n) is 4.22. The van der Waals surface area contributed by atoms with E-state index in [9.17, 15) is 14.4 Å². The normalized spacial score (nSPS) is 25.2. The highest BCUT2D eigenvalue weighted by atomic mass is 16.2. The zero-order chi connectivity index (χ0) is 14.1. The average molecular weight is 280 g/mol. The van der Waals surface area contributed by atoms with Gasteiger partial charge in [-0.15, -0.1) is 0 Å². The lowest BCUT2D eigenvalue weighted by atomic mass is 10.2. The van der Waals surface area contributed by atoms with Gasteiger partial charge in [-0.3, -0.25) is 19.3 Å². The van der Waals surface area contributed by atoms with Crippen LogP contribution in [0.5, 0.6) is 0 Å². The number of hydrogen-bond donors (Lipinski definition) is 0. The van der Waals surface area contributed by atoms with Crippen molar-refractivity contribution < 1.29 is 14.4 Å². The van der Waals surface area contributed by atoms with E-state index in [-0.39, 0.29) is 17.7 Å². The van der Waals surface area contributed by atoms with Gasteiger partial charge in [0.2, 0.25) is 17.7 Å². The van der Waals surface area contributed by atoms with Crippen LogP contribution in [-0.2, 0) is 14.4 Å². The number of rotatable bonds is 3. The minimum absolute atomic E-state index is 0.115. The summed E-state index contributed by atoms with van der Waals surface area (Å²) in [6.45, 7) is 4.83. The second kappa shape index (κ2) is 5.49. The van der Waals surface area contributed by atoms with Crippen molar-refractivity contribution in [3.63, 3.8) is 0 Å². The van der Waals surface area contributed by atoms with Gasteiger partial charge in [-0.1, -0.05) is 0 Å². The lowest BCUT2D eigenvalue weighted by Crippen LogP contribution is -2.57. The number of carbonyl (C=O) groups excluding carboxylic acids is 3. The summed E-state index contributed by atoms with van der Waals surface area (Å²) in [4.78, 5) is 39.4. The molecule has 3 amide bonds. The van der Waals surface area contributed by atoms with Crippen molar-refractivity contribution in [2.24, 2.45) is 0 Å². The lowest BCUT2D eigenvalue weighted by Gasteiger charge is -2.39. The summed E-state index contributed by atoms with van der Waals surface area (Å²) in [6, 6.07) is 0. The van der Waals surface area contributed by atoms with E-state index in [1.54, 1.807) is 5.01 Å². The Morgan fingerprint density at radius 2 is 1.50 bits per heavy atom. The van der Waals surface area contributed by atoms with Crippen LogP contribution in [0.4, 0.5) is 0 Å². The van der Waals surface area contributed by atoms with Crippen LogP contribution in [0.1, 0.15) is 19.3 Å². The van der Waals surface area contributed by atoms with Crippen molar-refractivity contribution >= 4 is 17.7 Å². The number of carbonyl (C=O) groups is 3. The van der Waals surface area contributed by atoms with Crippen molar-refractivity contribution in [3.8, 4) is 0 Å². The van der Waals surface area contributed by atoms with Crippen molar-refractivity contribution in [2.75, 3.05) is 45.8 Å². The molecule has 3 heterocycles. The van der Waals surface area contributed by atoms with Crippen LogP contribution in [0.2, 0.25) is 0 Å². The van der Waals surface area contributed by atoms with Crippen LogP contribution in [0.25, 0.3) is 0 Å². The Morgan fingerprint density at radius 1 is 0.900 bits per heavy atom. The molecule has 110 valence electrons. The summed E-state index contributed by atoms with van der Waals surface area (Å²) in [5.74, 6) is -0.0749. The SMILES string of the molecule is O=C(CN1CCC1)N1CCN(N2C(=O)CCC2=O)CC1. The number of piperazine rings is 1. The zero-order valence-electron chi connectivity index (χ0n) is 11.6. The first-order valence-electron chi connectivity index (χ1n) is 7.26. The Kier molecular flexibility index (Phi) is 3.71. The molecule has 0 aromatic carbocycles. The van der Waals surface area contributed by atoms with Gasteiger partial charge in [0.1, 0.15) is 0 Å². The monoisotopic (exact) mass is 280 g/mol. The zero-order valence-corrected chi connectivity index (χ0v) is 11.6.